The number of amides is 2. The van der Waals surface area contributed by atoms with Gasteiger partial charge in [0.2, 0.25) is 11.8 Å². The quantitative estimate of drug-likeness (QED) is 0.791. The maximum atomic E-state index is 12.1. The minimum atomic E-state index is -1.25. The van der Waals surface area contributed by atoms with Crippen LogP contribution in [-0.4, -0.2) is 46.4 Å². The van der Waals surface area contributed by atoms with Gasteiger partial charge in [0.1, 0.15) is 5.54 Å². The molecule has 20 heavy (non-hydrogen) atoms. The summed E-state index contributed by atoms with van der Waals surface area (Å²) in [5, 5.41) is 11.6. The number of carboxylic acids is 1. The van der Waals surface area contributed by atoms with E-state index in [1.807, 2.05) is 4.90 Å². The van der Waals surface area contributed by atoms with Crippen molar-refractivity contribution < 1.29 is 19.5 Å². The van der Waals surface area contributed by atoms with Crippen LogP contribution in [0.25, 0.3) is 0 Å². The lowest BCUT2D eigenvalue weighted by atomic mass is 9.94. The van der Waals surface area contributed by atoms with Crippen LogP contribution in [0.2, 0.25) is 0 Å². The highest BCUT2D eigenvalue weighted by molar-refractivity contribution is 5.87. The Morgan fingerprint density at radius 1 is 1.05 bits per heavy atom. The summed E-state index contributed by atoms with van der Waals surface area (Å²) in [6.45, 7) is 4.14. The number of piperidine rings is 1. The fourth-order valence-corrected chi connectivity index (χ4v) is 2.41. The van der Waals surface area contributed by atoms with Crippen LogP contribution in [0.3, 0.4) is 0 Å². The Labute approximate surface area is 118 Å². The van der Waals surface area contributed by atoms with Gasteiger partial charge in [-0.1, -0.05) is 0 Å². The number of carbonyl (C=O) groups is 3. The Kier molecular flexibility index (Phi) is 4.01. The van der Waals surface area contributed by atoms with Gasteiger partial charge < -0.3 is 15.3 Å². The molecule has 0 aromatic heterocycles. The predicted molar refractivity (Wildman–Crippen MR) is 71.9 cm³/mol. The first kappa shape index (κ1) is 14.8. The van der Waals surface area contributed by atoms with Gasteiger partial charge in [-0.25, -0.2) is 4.79 Å². The molecule has 2 rings (SSSR count). The first-order valence-corrected chi connectivity index (χ1v) is 7.15. The van der Waals surface area contributed by atoms with Crippen LogP contribution in [0.5, 0.6) is 0 Å². The standard InChI is InChI=1S/C14H22N2O4/c1-14(2,13(19)20)15-11(17)9-5-7-16(8-6-9)12(18)10-3-4-10/h9-10H,3-8H2,1-2H3,(H,15,17)(H,19,20). The van der Waals surface area contributed by atoms with Gasteiger partial charge in [0, 0.05) is 24.9 Å². The monoisotopic (exact) mass is 282 g/mol. The molecule has 1 saturated heterocycles. The summed E-state index contributed by atoms with van der Waals surface area (Å²) >= 11 is 0. The number of likely N-dealkylation sites (tertiary alicyclic amines) is 1. The van der Waals surface area contributed by atoms with Gasteiger partial charge in [0.25, 0.3) is 0 Å². The van der Waals surface area contributed by atoms with Crippen molar-refractivity contribution in [3.05, 3.63) is 0 Å². The van der Waals surface area contributed by atoms with Crippen LogP contribution in [0.4, 0.5) is 0 Å². The SMILES string of the molecule is CC(C)(NC(=O)C1CCN(C(=O)C2CC2)CC1)C(=O)O. The Morgan fingerprint density at radius 2 is 1.60 bits per heavy atom. The molecule has 1 aliphatic carbocycles. The summed E-state index contributed by atoms with van der Waals surface area (Å²) in [6, 6.07) is 0. The minimum Gasteiger partial charge on any atom is -0.480 e. The summed E-state index contributed by atoms with van der Waals surface area (Å²) in [4.78, 5) is 36.8. The number of hydrogen-bond acceptors (Lipinski definition) is 3. The molecule has 1 saturated carbocycles. The van der Waals surface area contributed by atoms with Crippen LogP contribution >= 0.6 is 0 Å². The van der Waals surface area contributed by atoms with Crippen LogP contribution in [-0.2, 0) is 14.4 Å². The van der Waals surface area contributed by atoms with E-state index in [1.54, 1.807) is 0 Å². The second-order valence-corrected chi connectivity index (χ2v) is 6.29. The number of hydrogen-bond donors (Lipinski definition) is 2. The van der Waals surface area contributed by atoms with Crippen molar-refractivity contribution in [1.29, 1.82) is 0 Å². The molecule has 0 aromatic rings. The van der Waals surface area contributed by atoms with Crippen LogP contribution in [0, 0.1) is 11.8 Å². The van der Waals surface area contributed by atoms with E-state index in [1.165, 1.54) is 13.8 Å². The lowest BCUT2D eigenvalue weighted by molar-refractivity contribution is -0.147. The summed E-state index contributed by atoms with van der Waals surface area (Å²) in [7, 11) is 0. The molecular formula is C14H22N2O4. The molecule has 2 N–H and O–H groups in total. The van der Waals surface area contributed by atoms with Crippen molar-refractivity contribution in [1.82, 2.24) is 10.2 Å². The summed E-state index contributed by atoms with van der Waals surface area (Å²) < 4.78 is 0. The van der Waals surface area contributed by atoms with Crippen LogP contribution < -0.4 is 5.32 Å². The third-order valence-electron chi connectivity index (χ3n) is 4.07. The zero-order valence-corrected chi connectivity index (χ0v) is 12.0. The smallest absolute Gasteiger partial charge is 0.328 e. The molecule has 0 aromatic carbocycles. The van der Waals surface area contributed by atoms with Gasteiger partial charge in [0.15, 0.2) is 0 Å². The lowest BCUT2D eigenvalue weighted by Crippen LogP contribution is -2.53. The van der Waals surface area contributed by atoms with E-state index >= 15 is 0 Å². The summed E-state index contributed by atoms with van der Waals surface area (Å²) in [6.07, 6.45) is 3.21. The average Bonchev–Trinajstić information content (AvgIpc) is 3.21. The van der Waals surface area contributed by atoms with Crippen molar-refractivity contribution in [2.24, 2.45) is 11.8 Å². The van der Waals surface area contributed by atoms with Gasteiger partial charge in [-0.3, -0.25) is 9.59 Å². The Balaban J connectivity index is 1.82. The zero-order valence-electron chi connectivity index (χ0n) is 12.0. The van der Waals surface area contributed by atoms with Crippen molar-refractivity contribution >= 4 is 17.8 Å². The Morgan fingerprint density at radius 3 is 2.05 bits per heavy atom. The first-order valence-electron chi connectivity index (χ1n) is 7.15. The van der Waals surface area contributed by atoms with Gasteiger partial charge in [0.05, 0.1) is 0 Å². The fraction of sp³-hybridized carbons (Fsp3) is 0.786. The van der Waals surface area contributed by atoms with Crippen molar-refractivity contribution in [3.8, 4) is 0 Å². The molecular weight excluding hydrogens is 260 g/mol. The largest absolute Gasteiger partial charge is 0.480 e. The molecule has 6 nitrogen and oxygen atoms in total. The van der Waals surface area contributed by atoms with Crippen molar-refractivity contribution in [2.45, 2.75) is 45.1 Å². The predicted octanol–water partition coefficient (Wildman–Crippen LogP) is 0.614. The number of rotatable bonds is 4. The second-order valence-electron chi connectivity index (χ2n) is 6.29. The van der Waals surface area contributed by atoms with Gasteiger partial charge in [-0.2, -0.15) is 0 Å². The third-order valence-corrected chi connectivity index (χ3v) is 4.07. The molecule has 0 spiro atoms. The summed E-state index contributed by atoms with van der Waals surface area (Å²) in [5.41, 5.74) is -1.25. The number of aliphatic carboxylic acids is 1. The second kappa shape index (κ2) is 5.42. The van der Waals surface area contributed by atoms with Crippen LogP contribution in [0.1, 0.15) is 39.5 Å². The molecule has 0 atom stereocenters. The van der Waals surface area contributed by atoms with Crippen molar-refractivity contribution in [3.63, 3.8) is 0 Å². The normalized spacial score (nSPS) is 20.6. The highest BCUT2D eigenvalue weighted by Crippen LogP contribution is 2.32. The van der Waals surface area contributed by atoms with E-state index < -0.39 is 11.5 Å². The summed E-state index contributed by atoms with van der Waals surface area (Å²) in [5.74, 6) is -1.04. The van der Waals surface area contributed by atoms with Gasteiger partial charge in [-0.05, 0) is 39.5 Å². The molecule has 1 aliphatic heterocycles. The number of nitrogens with one attached hydrogen (secondary N) is 1. The van der Waals surface area contributed by atoms with E-state index in [-0.39, 0.29) is 23.7 Å². The third kappa shape index (κ3) is 3.29. The molecule has 0 radical (unpaired) electrons. The van der Waals surface area contributed by atoms with E-state index in [9.17, 15) is 14.4 Å². The molecule has 2 amide bonds. The fourth-order valence-electron chi connectivity index (χ4n) is 2.41. The Bertz CT molecular complexity index is 421. The molecule has 0 unspecified atom stereocenters. The molecule has 0 bridgehead atoms. The van der Waals surface area contributed by atoms with E-state index in [0.717, 1.165) is 12.8 Å². The van der Waals surface area contributed by atoms with Crippen molar-refractivity contribution in [2.75, 3.05) is 13.1 Å². The highest BCUT2D eigenvalue weighted by atomic mass is 16.4. The first-order chi connectivity index (χ1) is 9.31. The minimum absolute atomic E-state index is 0.197. The number of carbonyl (C=O) groups excluding carboxylic acids is 2. The van der Waals surface area contributed by atoms with Gasteiger partial charge in [-0.15, -0.1) is 0 Å². The average molecular weight is 282 g/mol. The molecule has 112 valence electrons. The Hall–Kier alpha value is -1.59. The van der Waals surface area contributed by atoms with Gasteiger partial charge >= 0.3 is 5.97 Å². The van der Waals surface area contributed by atoms with E-state index in [2.05, 4.69) is 5.32 Å². The van der Waals surface area contributed by atoms with E-state index in [0.29, 0.717) is 25.9 Å². The molecule has 6 heteroatoms. The highest BCUT2D eigenvalue weighted by Gasteiger charge is 2.37. The zero-order chi connectivity index (χ0) is 14.9. The topological polar surface area (TPSA) is 86.7 Å². The maximum absolute atomic E-state index is 12.1. The molecule has 2 fully saturated rings. The lowest BCUT2D eigenvalue weighted by Gasteiger charge is -2.33. The van der Waals surface area contributed by atoms with E-state index in [4.69, 9.17) is 5.11 Å². The maximum Gasteiger partial charge on any atom is 0.328 e. The molecule has 2 aliphatic rings. The van der Waals surface area contributed by atoms with Crippen LogP contribution in [0.15, 0.2) is 0 Å². The number of carboxylic acid groups (broad SMARTS) is 1. The number of nitrogens with zero attached hydrogens (tertiary/aromatic N) is 1. The molecule has 1 heterocycles.